The van der Waals surface area contributed by atoms with E-state index < -0.39 is 11.6 Å². The third kappa shape index (κ3) is 5.65. The zero-order valence-corrected chi connectivity index (χ0v) is 20.1. The second kappa shape index (κ2) is 10.6. The van der Waals surface area contributed by atoms with Crippen molar-refractivity contribution in [2.75, 3.05) is 51.3 Å². The van der Waals surface area contributed by atoms with Gasteiger partial charge in [-0.3, -0.25) is 9.67 Å². The molecule has 170 valence electrons. The van der Waals surface area contributed by atoms with Crippen molar-refractivity contribution in [1.82, 2.24) is 20.0 Å². The lowest BCUT2D eigenvalue weighted by atomic mass is 10.1. The third-order valence-electron chi connectivity index (χ3n) is 5.78. The average molecular weight is 546 g/mol. The highest BCUT2D eigenvalue weighted by Gasteiger charge is 2.27. The zero-order valence-electron chi connectivity index (χ0n) is 17.8. The van der Waals surface area contributed by atoms with Crippen molar-refractivity contribution in [3.8, 4) is 0 Å². The molecule has 2 aliphatic heterocycles. The SMILES string of the molecule is CN=C(NCC1CCN(c2ccc(F)c(F)c2)C1)N1CCOC(c2cnn(C)c2)C1.I. The number of aromatic nitrogens is 2. The third-order valence-corrected chi connectivity index (χ3v) is 5.78. The first-order chi connectivity index (χ1) is 14.5. The minimum atomic E-state index is -0.810. The molecule has 0 spiro atoms. The second-order valence-corrected chi connectivity index (χ2v) is 7.88. The van der Waals surface area contributed by atoms with Crippen molar-refractivity contribution in [1.29, 1.82) is 0 Å². The molecular weight excluding hydrogens is 517 g/mol. The van der Waals surface area contributed by atoms with Crippen LogP contribution in [0.4, 0.5) is 14.5 Å². The van der Waals surface area contributed by atoms with Crippen LogP contribution >= 0.6 is 24.0 Å². The summed E-state index contributed by atoms with van der Waals surface area (Å²) >= 11 is 0. The molecule has 7 nitrogen and oxygen atoms in total. The molecule has 0 amide bonds. The van der Waals surface area contributed by atoms with Crippen molar-refractivity contribution in [3.05, 3.63) is 47.8 Å². The maximum Gasteiger partial charge on any atom is 0.193 e. The Kier molecular flexibility index (Phi) is 8.09. The minimum absolute atomic E-state index is 0. The van der Waals surface area contributed by atoms with Gasteiger partial charge in [-0.1, -0.05) is 0 Å². The van der Waals surface area contributed by atoms with E-state index in [0.717, 1.165) is 56.4 Å². The first-order valence-electron chi connectivity index (χ1n) is 10.3. The largest absolute Gasteiger partial charge is 0.371 e. The second-order valence-electron chi connectivity index (χ2n) is 7.88. The predicted molar refractivity (Wildman–Crippen MR) is 127 cm³/mol. The number of nitrogens with zero attached hydrogens (tertiary/aromatic N) is 5. The van der Waals surface area contributed by atoms with Gasteiger partial charge in [0, 0.05) is 63.8 Å². The number of anilines is 1. The van der Waals surface area contributed by atoms with Gasteiger partial charge in [-0.25, -0.2) is 8.78 Å². The highest BCUT2D eigenvalue weighted by molar-refractivity contribution is 14.0. The lowest BCUT2D eigenvalue weighted by Gasteiger charge is -2.35. The van der Waals surface area contributed by atoms with E-state index in [2.05, 4.69) is 25.2 Å². The van der Waals surface area contributed by atoms with Crippen LogP contribution in [0.5, 0.6) is 0 Å². The minimum Gasteiger partial charge on any atom is -0.371 e. The zero-order chi connectivity index (χ0) is 21.1. The van der Waals surface area contributed by atoms with E-state index in [1.54, 1.807) is 17.8 Å². The number of ether oxygens (including phenoxy) is 1. The van der Waals surface area contributed by atoms with Crippen LogP contribution in [0.3, 0.4) is 0 Å². The van der Waals surface area contributed by atoms with E-state index in [4.69, 9.17) is 4.74 Å². The number of halogens is 3. The smallest absolute Gasteiger partial charge is 0.193 e. The number of morpholine rings is 1. The summed E-state index contributed by atoms with van der Waals surface area (Å²) in [7, 11) is 3.69. The number of hydrogen-bond donors (Lipinski definition) is 1. The normalized spacial score (nSPS) is 21.9. The van der Waals surface area contributed by atoms with E-state index >= 15 is 0 Å². The Morgan fingerprint density at radius 1 is 1.26 bits per heavy atom. The van der Waals surface area contributed by atoms with Gasteiger partial charge in [-0.2, -0.15) is 5.10 Å². The van der Waals surface area contributed by atoms with Crippen LogP contribution in [0.15, 0.2) is 35.6 Å². The molecule has 0 saturated carbocycles. The average Bonchev–Trinajstić information content (AvgIpc) is 3.40. The Morgan fingerprint density at radius 2 is 2.10 bits per heavy atom. The monoisotopic (exact) mass is 546 g/mol. The molecule has 0 bridgehead atoms. The molecule has 1 aromatic heterocycles. The number of aryl methyl sites for hydroxylation is 1. The summed E-state index contributed by atoms with van der Waals surface area (Å²) in [4.78, 5) is 8.77. The Hall–Kier alpha value is -1.95. The molecule has 1 aromatic carbocycles. The van der Waals surface area contributed by atoms with Gasteiger partial charge in [-0.05, 0) is 24.5 Å². The van der Waals surface area contributed by atoms with Gasteiger partial charge in [0.15, 0.2) is 17.6 Å². The number of aliphatic imine (C=N–C) groups is 1. The van der Waals surface area contributed by atoms with Gasteiger partial charge < -0.3 is 19.9 Å². The molecule has 2 unspecified atom stereocenters. The highest BCUT2D eigenvalue weighted by atomic mass is 127. The Balaban J connectivity index is 0.00000272. The first-order valence-corrected chi connectivity index (χ1v) is 10.3. The maximum atomic E-state index is 13.5. The fourth-order valence-corrected chi connectivity index (χ4v) is 4.13. The molecule has 3 heterocycles. The molecule has 31 heavy (non-hydrogen) atoms. The summed E-state index contributed by atoms with van der Waals surface area (Å²) in [6.07, 6.45) is 4.79. The summed E-state index contributed by atoms with van der Waals surface area (Å²) in [6.45, 7) is 4.54. The van der Waals surface area contributed by atoms with Gasteiger partial charge >= 0.3 is 0 Å². The summed E-state index contributed by atoms with van der Waals surface area (Å²) in [6, 6.07) is 4.10. The van der Waals surface area contributed by atoms with Gasteiger partial charge in [0.1, 0.15) is 6.10 Å². The number of hydrogen-bond acceptors (Lipinski definition) is 4. The predicted octanol–water partition coefficient (Wildman–Crippen LogP) is 2.79. The van der Waals surface area contributed by atoms with E-state index in [-0.39, 0.29) is 30.1 Å². The van der Waals surface area contributed by atoms with Crippen LogP contribution in [-0.4, -0.2) is 67.0 Å². The quantitative estimate of drug-likeness (QED) is 0.364. The number of nitrogens with one attached hydrogen (secondary N) is 1. The van der Waals surface area contributed by atoms with Crippen molar-refractivity contribution in [3.63, 3.8) is 0 Å². The van der Waals surface area contributed by atoms with Crippen LogP contribution in [0, 0.1) is 17.6 Å². The Labute approximate surface area is 198 Å². The van der Waals surface area contributed by atoms with E-state index in [9.17, 15) is 8.78 Å². The van der Waals surface area contributed by atoms with Crippen LogP contribution < -0.4 is 10.2 Å². The molecule has 2 aromatic rings. The Morgan fingerprint density at radius 3 is 2.81 bits per heavy atom. The molecule has 4 rings (SSSR count). The fraction of sp³-hybridized carbons (Fsp3) is 0.524. The molecule has 2 aliphatic rings. The number of guanidine groups is 1. The highest BCUT2D eigenvalue weighted by Crippen LogP contribution is 2.25. The Bertz CT molecular complexity index is 908. The summed E-state index contributed by atoms with van der Waals surface area (Å²) in [5.41, 5.74) is 1.80. The first kappa shape index (κ1) is 23.7. The van der Waals surface area contributed by atoms with E-state index in [1.807, 2.05) is 19.4 Å². The summed E-state index contributed by atoms with van der Waals surface area (Å²) in [5.74, 6) is -0.344. The molecule has 2 saturated heterocycles. The number of rotatable bonds is 4. The van der Waals surface area contributed by atoms with E-state index in [1.165, 1.54) is 12.1 Å². The van der Waals surface area contributed by atoms with Crippen molar-refractivity contribution >= 4 is 35.6 Å². The van der Waals surface area contributed by atoms with E-state index in [0.29, 0.717) is 12.5 Å². The fourth-order valence-electron chi connectivity index (χ4n) is 4.13. The molecule has 1 N–H and O–H groups in total. The van der Waals surface area contributed by atoms with Crippen LogP contribution in [0.1, 0.15) is 18.1 Å². The molecule has 10 heteroatoms. The van der Waals surface area contributed by atoms with Gasteiger partial charge in [0.25, 0.3) is 0 Å². The van der Waals surface area contributed by atoms with Crippen molar-refractivity contribution in [2.45, 2.75) is 12.5 Å². The van der Waals surface area contributed by atoms with Gasteiger partial charge in [-0.15, -0.1) is 24.0 Å². The molecule has 0 radical (unpaired) electrons. The summed E-state index contributed by atoms with van der Waals surface area (Å²) in [5, 5.41) is 7.73. The molecule has 0 aliphatic carbocycles. The molecule has 2 atom stereocenters. The van der Waals surface area contributed by atoms with Crippen LogP contribution in [0.2, 0.25) is 0 Å². The van der Waals surface area contributed by atoms with Gasteiger partial charge in [0.2, 0.25) is 0 Å². The molecular formula is C21H29F2IN6O. The van der Waals surface area contributed by atoms with Crippen LogP contribution in [0.25, 0.3) is 0 Å². The molecule has 2 fully saturated rings. The lowest BCUT2D eigenvalue weighted by molar-refractivity contribution is -0.00806. The van der Waals surface area contributed by atoms with Crippen molar-refractivity contribution in [2.24, 2.45) is 18.0 Å². The summed E-state index contributed by atoms with van der Waals surface area (Å²) < 4.78 is 34.4. The van der Waals surface area contributed by atoms with Crippen LogP contribution in [-0.2, 0) is 11.8 Å². The lowest BCUT2D eigenvalue weighted by Crippen LogP contribution is -2.49. The van der Waals surface area contributed by atoms with Gasteiger partial charge in [0.05, 0.1) is 19.3 Å². The maximum absolute atomic E-state index is 13.5. The number of benzene rings is 1. The topological polar surface area (TPSA) is 57.9 Å². The standard InChI is InChI=1S/C21H28F2N6O.HI/c1-24-21(29-7-8-30-20(14-29)16-11-26-27(2)13-16)25-10-15-5-6-28(12-15)17-3-4-18(22)19(23)9-17;/h3-4,9,11,13,15,20H,5-8,10,12,14H2,1-2H3,(H,24,25);1H. The van der Waals surface area contributed by atoms with Crippen molar-refractivity contribution < 1.29 is 13.5 Å².